The van der Waals surface area contributed by atoms with E-state index in [9.17, 15) is 9.90 Å². The summed E-state index contributed by atoms with van der Waals surface area (Å²) in [6, 6.07) is 7.73. The SMILES string of the molecule is O=C(O)c1sc2ccccc2c1Cn1cc(Br)cn1. The Morgan fingerprint density at radius 2 is 2.21 bits per heavy atom. The van der Waals surface area contributed by atoms with Crippen LogP contribution in [0.4, 0.5) is 0 Å². The van der Waals surface area contributed by atoms with Crippen molar-refractivity contribution in [1.82, 2.24) is 9.78 Å². The molecule has 4 nitrogen and oxygen atoms in total. The number of carboxylic acid groups (broad SMARTS) is 1. The first kappa shape index (κ1) is 12.4. The zero-order valence-corrected chi connectivity index (χ0v) is 12.1. The van der Waals surface area contributed by atoms with Crippen molar-refractivity contribution in [3.8, 4) is 0 Å². The molecule has 3 rings (SSSR count). The Morgan fingerprint density at radius 1 is 1.42 bits per heavy atom. The summed E-state index contributed by atoms with van der Waals surface area (Å²) in [5, 5.41) is 14.5. The number of nitrogens with zero attached hydrogens (tertiary/aromatic N) is 2. The quantitative estimate of drug-likeness (QED) is 0.794. The molecule has 19 heavy (non-hydrogen) atoms. The third kappa shape index (κ3) is 2.29. The van der Waals surface area contributed by atoms with Crippen LogP contribution in [0.15, 0.2) is 41.1 Å². The number of rotatable bonds is 3. The first-order chi connectivity index (χ1) is 9.15. The van der Waals surface area contributed by atoms with Crippen LogP contribution in [0.25, 0.3) is 10.1 Å². The van der Waals surface area contributed by atoms with Crippen molar-refractivity contribution < 1.29 is 9.90 Å². The van der Waals surface area contributed by atoms with E-state index in [1.807, 2.05) is 30.5 Å². The molecule has 0 spiro atoms. The second-order valence-electron chi connectivity index (χ2n) is 4.07. The highest BCUT2D eigenvalue weighted by molar-refractivity contribution is 9.10. The summed E-state index contributed by atoms with van der Waals surface area (Å²) in [5.74, 6) is -0.887. The van der Waals surface area contributed by atoms with E-state index in [1.165, 1.54) is 11.3 Å². The molecule has 2 aromatic heterocycles. The lowest BCUT2D eigenvalue weighted by Gasteiger charge is -2.02. The Balaban J connectivity index is 2.14. The zero-order valence-electron chi connectivity index (χ0n) is 9.71. The molecule has 0 bridgehead atoms. The summed E-state index contributed by atoms with van der Waals surface area (Å²) in [4.78, 5) is 11.7. The molecule has 0 aliphatic heterocycles. The van der Waals surface area contributed by atoms with E-state index < -0.39 is 5.97 Å². The summed E-state index contributed by atoms with van der Waals surface area (Å²) in [7, 11) is 0. The summed E-state index contributed by atoms with van der Waals surface area (Å²) in [5.41, 5.74) is 0.809. The Kier molecular flexibility index (Phi) is 3.12. The molecule has 1 N–H and O–H groups in total. The smallest absolute Gasteiger partial charge is 0.346 e. The third-order valence-corrected chi connectivity index (χ3v) is 4.42. The minimum Gasteiger partial charge on any atom is -0.477 e. The molecule has 96 valence electrons. The minimum atomic E-state index is -0.887. The second-order valence-corrected chi connectivity index (χ2v) is 6.04. The van der Waals surface area contributed by atoms with Crippen LogP contribution in [0.1, 0.15) is 15.2 Å². The highest BCUT2D eigenvalue weighted by Crippen LogP contribution is 2.31. The van der Waals surface area contributed by atoms with Gasteiger partial charge in [0, 0.05) is 16.5 Å². The number of thiophene rings is 1. The van der Waals surface area contributed by atoms with Crippen LogP contribution >= 0.6 is 27.3 Å². The Labute approximate surface area is 121 Å². The van der Waals surface area contributed by atoms with Gasteiger partial charge < -0.3 is 5.11 Å². The Hall–Kier alpha value is -1.66. The molecule has 0 amide bonds. The molecule has 0 radical (unpaired) electrons. The monoisotopic (exact) mass is 336 g/mol. The largest absolute Gasteiger partial charge is 0.477 e. The highest BCUT2D eigenvalue weighted by Gasteiger charge is 2.17. The van der Waals surface area contributed by atoms with Gasteiger partial charge in [0.15, 0.2) is 0 Å². The average molecular weight is 337 g/mol. The number of aromatic nitrogens is 2. The molecule has 0 fully saturated rings. The van der Waals surface area contributed by atoms with E-state index in [-0.39, 0.29) is 0 Å². The van der Waals surface area contributed by atoms with Crippen molar-refractivity contribution in [3.05, 3.63) is 51.6 Å². The number of halogens is 1. The normalized spacial score (nSPS) is 11.0. The summed E-state index contributed by atoms with van der Waals surface area (Å²) < 4.78 is 3.59. The molecule has 6 heteroatoms. The fourth-order valence-corrected chi connectivity index (χ4v) is 3.40. The van der Waals surface area contributed by atoms with Crippen molar-refractivity contribution in [3.63, 3.8) is 0 Å². The summed E-state index contributed by atoms with van der Waals surface area (Å²) in [6.07, 6.45) is 3.52. The molecule has 2 heterocycles. The van der Waals surface area contributed by atoms with Gasteiger partial charge in [-0.25, -0.2) is 4.79 Å². The van der Waals surface area contributed by atoms with Gasteiger partial charge in [-0.05, 0) is 27.4 Å². The van der Waals surface area contributed by atoms with Crippen LogP contribution in [-0.2, 0) is 6.54 Å². The highest BCUT2D eigenvalue weighted by atomic mass is 79.9. The molecule has 0 atom stereocenters. The molecule has 1 aromatic carbocycles. The van der Waals surface area contributed by atoms with Crippen molar-refractivity contribution in [2.45, 2.75) is 6.54 Å². The predicted molar refractivity (Wildman–Crippen MR) is 77.8 cm³/mol. The van der Waals surface area contributed by atoms with Gasteiger partial charge >= 0.3 is 5.97 Å². The van der Waals surface area contributed by atoms with E-state index in [0.29, 0.717) is 11.4 Å². The van der Waals surface area contributed by atoms with Gasteiger partial charge in [0.2, 0.25) is 0 Å². The third-order valence-electron chi connectivity index (χ3n) is 2.81. The molecular formula is C13H9BrN2O2S. The van der Waals surface area contributed by atoms with Crippen LogP contribution < -0.4 is 0 Å². The summed E-state index contributed by atoms with van der Waals surface area (Å²) in [6.45, 7) is 0.456. The maximum atomic E-state index is 11.4. The van der Waals surface area contributed by atoms with Crippen molar-refractivity contribution in [1.29, 1.82) is 0 Å². The van der Waals surface area contributed by atoms with Crippen molar-refractivity contribution in [2.75, 3.05) is 0 Å². The van der Waals surface area contributed by atoms with Crippen LogP contribution in [0, 0.1) is 0 Å². The van der Waals surface area contributed by atoms with Gasteiger partial charge in [-0.3, -0.25) is 4.68 Å². The number of benzene rings is 1. The molecular weight excluding hydrogens is 328 g/mol. The van der Waals surface area contributed by atoms with Crippen LogP contribution in [0.5, 0.6) is 0 Å². The maximum absolute atomic E-state index is 11.4. The van der Waals surface area contributed by atoms with Gasteiger partial charge in [-0.1, -0.05) is 18.2 Å². The molecule has 0 unspecified atom stereocenters. The topological polar surface area (TPSA) is 55.1 Å². The molecule has 0 saturated heterocycles. The van der Waals surface area contributed by atoms with Gasteiger partial charge in [-0.15, -0.1) is 11.3 Å². The maximum Gasteiger partial charge on any atom is 0.346 e. The van der Waals surface area contributed by atoms with E-state index in [1.54, 1.807) is 10.9 Å². The zero-order chi connectivity index (χ0) is 13.4. The lowest BCUT2D eigenvalue weighted by molar-refractivity contribution is 0.0701. The predicted octanol–water partition coefficient (Wildman–Crippen LogP) is 3.61. The first-order valence-electron chi connectivity index (χ1n) is 5.57. The standard InChI is InChI=1S/C13H9BrN2O2S/c14-8-5-15-16(6-8)7-10-9-3-1-2-4-11(9)19-12(10)13(17)18/h1-6H,7H2,(H,17,18). The number of carboxylic acids is 1. The van der Waals surface area contributed by atoms with Crippen molar-refractivity contribution in [2.24, 2.45) is 0 Å². The summed E-state index contributed by atoms with van der Waals surface area (Å²) >= 11 is 4.64. The van der Waals surface area contributed by atoms with Crippen LogP contribution in [0.2, 0.25) is 0 Å². The number of aromatic carboxylic acids is 1. The number of fused-ring (bicyclic) bond motifs is 1. The van der Waals surface area contributed by atoms with Gasteiger partial charge in [0.05, 0.1) is 17.2 Å². The molecule has 0 saturated carbocycles. The van der Waals surface area contributed by atoms with Gasteiger partial charge in [0.25, 0.3) is 0 Å². The van der Waals surface area contributed by atoms with E-state index in [0.717, 1.165) is 20.1 Å². The van der Waals surface area contributed by atoms with Crippen LogP contribution in [-0.4, -0.2) is 20.9 Å². The van der Waals surface area contributed by atoms with Gasteiger partial charge in [0.1, 0.15) is 4.88 Å². The fraction of sp³-hybridized carbons (Fsp3) is 0.0769. The number of hydrogen-bond acceptors (Lipinski definition) is 3. The van der Waals surface area contributed by atoms with Crippen molar-refractivity contribution >= 4 is 43.3 Å². The van der Waals surface area contributed by atoms with Crippen LogP contribution in [0.3, 0.4) is 0 Å². The minimum absolute atomic E-state index is 0.382. The number of carbonyl (C=O) groups is 1. The van der Waals surface area contributed by atoms with Gasteiger partial charge in [-0.2, -0.15) is 5.10 Å². The fourth-order valence-electron chi connectivity index (χ4n) is 2.02. The second kappa shape index (κ2) is 4.79. The first-order valence-corrected chi connectivity index (χ1v) is 7.18. The lowest BCUT2D eigenvalue weighted by Crippen LogP contribution is -2.04. The average Bonchev–Trinajstić information content (AvgIpc) is 2.95. The molecule has 0 aliphatic carbocycles. The molecule has 0 aliphatic rings. The Bertz CT molecular complexity index is 763. The van der Waals surface area contributed by atoms with E-state index in [4.69, 9.17) is 0 Å². The van der Waals surface area contributed by atoms with E-state index in [2.05, 4.69) is 21.0 Å². The number of hydrogen-bond donors (Lipinski definition) is 1. The lowest BCUT2D eigenvalue weighted by atomic mass is 10.1. The Morgan fingerprint density at radius 3 is 2.89 bits per heavy atom. The van der Waals surface area contributed by atoms with E-state index >= 15 is 0 Å². The molecule has 3 aromatic rings.